The number of para-hydroxylation sites is 2. The number of hydrogen-bond donors (Lipinski definition) is 1. The Bertz CT molecular complexity index is 1270. The fraction of sp³-hybridized carbons (Fsp3) is 0.259. The molecular weight excluding hydrogens is 434 g/mol. The van der Waals surface area contributed by atoms with Gasteiger partial charge in [0, 0.05) is 17.1 Å². The summed E-state index contributed by atoms with van der Waals surface area (Å²) in [6.07, 6.45) is 0.805. The Morgan fingerprint density at radius 3 is 2.45 bits per heavy atom. The molecule has 0 radical (unpaired) electrons. The van der Waals surface area contributed by atoms with Gasteiger partial charge in [-0.3, -0.25) is 4.79 Å². The van der Waals surface area contributed by atoms with Crippen molar-refractivity contribution in [1.82, 2.24) is 14.9 Å². The SMILES string of the molecule is Cc1ccccc1C(=O)NCc1nc2ccccc2n1CCCOc1cc(C)c(Cl)c(C)c1. The largest absolute Gasteiger partial charge is 0.494 e. The van der Waals surface area contributed by atoms with Crippen LogP contribution < -0.4 is 10.1 Å². The van der Waals surface area contributed by atoms with Gasteiger partial charge in [-0.05, 0) is 74.2 Å². The third-order valence-electron chi connectivity index (χ3n) is 5.74. The first-order chi connectivity index (χ1) is 15.9. The van der Waals surface area contributed by atoms with Crippen molar-refractivity contribution >= 4 is 28.5 Å². The highest BCUT2D eigenvalue weighted by atomic mass is 35.5. The van der Waals surface area contributed by atoms with Gasteiger partial charge in [0.25, 0.3) is 5.91 Å². The fourth-order valence-electron chi connectivity index (χ4n) is 3.99. The Hall–Kier alpha value is -3.31. The van der Waals surface area contributed by atoms with Crippen LogP contribution in [0.15, 0.2) is 60.7 Å². The summed E-state index contributed by atoms with van der Waals surface area (Å²) in [6.45, 7) is 7.57. The molecule has 0 spiro atoms. The zero-order valence-corrected chi connectivity index (χ0v) is 19.9. The van der Waals surface area contributed by atoms with Crippen molar-refractivity contribution in [2.24, 2.45) is 0 Å². The number of nitrogens with zero attached hydrogens (tertiary/aromatic N) is 2. The molecule has 6 heteroatoms. The quantitative estimate of drug-likeness (QED) is 0.327. The third-order valence-corrected chi connectivity index (χ3v) is 6.33. The number of carbonyl (C=O) groups excluding carboxylic acids is 1. The number of fused-ring (bicyclic) bond motifs is 1. The van der Waals surface area contributed by atoms with Crippen LogP contribution in [0.4, 0.5) is 0 Å². The molecule has 0 saturated carbocycles. The first-order valence-electron chi connectivity index (χ1n) is 11.1. The van der Waals surface area contributed by atoms with E-state index in [0.717, 1.165) is 57.3 Å². The molecule has 0 aliphatic rings. The number of hydrogen-bond acceptors (Lipinski definition) is 3. The number of nitrogens with one attached hydrogen (secondary N) is 1. The van der Waals surface area contributed by atoms with Gasteiger partial charge in [-0.25, -0.2) is 4.98 Å². The summed E-state index contributed by atoms with van der Waals surface area (Å²) >= 11 is 6.26. The Balaban J connectivity index is 1.44. The number of aryl methyl sites for hydroxylation is 4. The minimum Gasteiger partial charge on any atom is -0.494 e. The maximum atomic E-state index is 12.7. The Morgan fingerprint density at radius 2 is 1.70 bits per heavy atom. The van der Waals surface area contributed by atoms with Crippen LogP contribution in [-0.4, -0.2) is 22.1 Å². The van der Waals surface area contributed by atoms with Crippen LogP contribution in [0.5, 0.6) is 5.75 Å². The van der Waals surface area contributed by atoms with Gasteiger partial charge in [0.2, 0.25) is 0 Å². The van der Waals surface area contributed by atoms with E-state index in [1.807, 2.05) is 75.4 Å². The van der Waals surface area contributed by atoms with E-state index in [1.54, 1.807) is 0 Å². The molecule has 33 heavy (non-hydrogen) atoms. The first-order valence-corrected chi connectivity index (χ1v) is 11.5. The van der Waals surface area contributed by atoms with Crippen LogP contribution in [0.2, 0.25) is 5.02 Å². The minimum absolute atomic E-state index is 0.0940. The zero-order chi connectivity index (χ0) is 23.4. The second-order valence-electron chi connectivity index (χ2n) is 8.24. The van der Waals surface area contributed by atoms with E-state index in [0.29, 0.717) is 18.7 Å². The van der Waals surface area contributed by atoms with Crippen molar-refractivity contribution in [2.75, 3.05) is 6.61 Å². The Kier molecular flexibility index (Phi) is 6.99. The summed E-state index contributed by atoms with van der Waals surface area (Å²) in [4.78, 5) is 17.4. The maximum Gasteiger partial charge on any atom is 0.251 e. The average Bonchev–Trinajstić information content (AvgIpc) is 3.16. The van der Waals surface area contributed by atoms with E-state index in [2.05, 4.69) is 16.0 Å². The topological polar surface area (TPSA) is 56.2 Å². The first kappa shape index (κ1) is 22.9. The van der Waals surface area contributed by atoms with Crippen LogP contribution in [0.1, 0.15) is 39.3 Å². The molecule has 4 rings (SSSR count). The van der Waals surface area contributed by atoms with Crippen molar-refractivity contribution < 1.29 is 9.53 Å². The molecule has 0 aliphatic heterocycles. The molecule has 0 aliphatic carbocycles. The summed E-state index contributed by atoms with van der Waals surface area (Å²) in [7, 11) is 0. The van der Waals surface area contributed by atoms with Crippen molar-refractivity contribution in [1.29, 1.82) is 0 Å². The van der Waals surface area contributed by atoms with Gasteiger partial charge in [-0.2, -0.15) is 0 Å². The Labute approximate surface area is 199 Å². The number of rotatable bonds is 8. The average molecular weight is 462 g/mol. The highest BCUT2D eigenvalue weighted by molar-refractivity contribution is 6.32. The van der Waals surface area contributed by atoms with Gasteiger partial charge < -0.3 is 14.6 Å². The van der Waals surface area contributed by atoms with Crippen LogP contribution in [-0.2, 0) is 13.1 Å². The molecule has 0 atom stereocenters. The smallest absolute Gasteiger partial charge is 0.251 e. The van der Waals surface area contributed by atoms with Crippen molar-refractivity contribution in [3.63, 3.8) is 0 Å². The summed E-state index contributed by atoms with van der Waals surface area (Å²) in [5.74, 6) is 1.57. The second-order valence-corrected chi connectivity index (χ2v) is 8.62. The zero-order valence-electron chi connectivity index (χ0n) is 19.2. The normalized spacial score (nSPS) is 11.0. The summed E-state index contributed by atoms with van der Waals surface area (Å²) in [5, 5.41) is 3.81. The highest BCUT2D eigenvalue weighted by Crippen LogP contribution is 2.26. The molecule has 1 aromatic heterocycles. The van der Waals surface area contributed by atoms with E-state index in [1.165, 1.54) is 0 Å². The van der Waals surface area contributed by atoms with Crippen molar-refractivity contribution in [3.8, 4) is 5.75 Å². The molecule has 1 amide bonds. The van der Waals surface area contributed by atoms with Gasteiger partial charge in [-0.1, -0.05) is 41.9 Å². The number of benzene rings is 3. The predicted octanol–water partition coefficient (Wildman–Crippen LogP) is 6.01. The monoisotopic (exact) mass is 461 g/mol. The van der Waals surface area contributed by atoms with Crippen LogP contribution in [0.25, 0.3) is 11.0 Å². The number of amides is 1. The molecule has 1 heterocycles. The lowest BCUT2D eigenvalue weighted by Crippen LogP contribution is -2.25. The van der Waals surface area contributed by atoms with Crippen LogP contribution in [0, 0.1) is 20.8 Å². The number of halogens is 1. The highest BCUT2D eigenvalue weighted by Gasteiger charge is 2.13. The van der Waals surface area contributed by atoms with Gasteiger partial charge in [0.1, 0.15) is 11.6 Å². The molecule has 4 aromatic rings. The lowest BCUT2D eigenvalue weighted by atomic mass is 10.1. The second kappa shape index (κ2) is 10.1. The van der Waals surface area contributed by atoms with E-state index in [4.69, 9.17) is 21.3 Å². The molecule has 3 aromatic carbocycles. The predicted molar refractivity (Wildman–Crippen MR) is 133 cm³/mol. The van der Waals surface area contributed by atoms with E-state index in [-0.39, 0.29) is 5.91 Å². The Morgan fingerprint density at radius 1 is 1.00 bits per heavy atom. The lowest BCUT2D eigenvalue weighted by Gasteiger charge is -2.13. The molecular formula is C27H28ClN3O2. The standard InChI is InChI=1S/C27H28ClN3O2/c1-18-9-4-5-10-22(18)27(32)29-17-25-30-23-11-6-7-12-24(23)31(25)13-8-14-33-21-15-19(2)26(28)20(3)16-21/h4-7,9-12,15-16H,8,13-14,17H2,1-3H3,(H,29,32). The molecule has 5 nitrogen and oxygen atoms in total. The van der Waals surface area contributed by atoms with Gasteiger partial charge >= 0.3 is 0 Å². The van der Waals surface area contributed by atoms with Gasteiger partial charge in [0.15, 0.2) is 0 Å². The van der Waals surface area contributed by atoms with E-state index in [9.17, 15) is 4.79 Å². The molecule has 170 valence electrons. The van der Waals surface area contributed by atoms with Crippen LogP contribution in [0.3, 0.4) is 0 Å². The summed E-state index contributed by atoms with van der Waals surface area (Å²) in [5.41, 5.74) is 5.63. The van der Waals surface area contributed by atoms with E-state index < -0.39 is 0 Å². The number of ether oxygens (including phenoxy) is 1. The minimum atomic E-state index is -0.0940. The molecule has 1 N–H and O–H groups in total. The summed E-state index contributed by atoms with van der Waals surface area (Å²) in [6, 6.07) is 19.6. The molecule has 0 fully saturated rings. The van der Waals surface area contributed by atoms with Crippen molar-refractivity contribution in [3.05, 3.63) is 93.8 Å². The van der Waals surface area contributed by atoms with Crippen molar-refractivity contribution in [2.45, 2.75) is 40.3 Å². The molecule has 0 saturated heterocycles. The number of imidazole rings is 1. The van der Waals surface area contributed by atoms with Gasteiger partial charge in [-0.15, -0.1) is 0 Å². The number of carbonyl (C=O) groups is 1. The fourth-order valence-corrected chi connectivity index (χ4v) is 4.10. The van der Waals surface area contributed by atoms with E-state index >= 15 is 0 Å². The lowest BCUT2D eigenvalue weighted by molar-refractivity contribution is 0.0949. The van der Waals surface area contributed by atoms with Crippen LogP contribution >= 0.6 is 11.6 Å². The van der Waals surface area contributed by atoms with Gasteiger partial charge in [0.05, 0.1) is 24.2 Å². The molecule has 0 unspecified atom stereocenters. The third kappa shape index (κ3) is 5.20. The number of aromatic nitrogens is 2. The molecule has 0 bridgehead atoms. The maximum absolute atomic E-state index is 12.7. The summed E-state index contributed by atoms with van der Waals surface area (Å²) < 4.78 is 8.14.